The number of sulfonamides is 1. The van der Waals surface area contributed by atoms with E-state index in [4.69, 9.17) is 4.74 Å². The number of ether oxygens (including phenoxy) is 1. The first-order chi connectivity index (χ1) is 13.8. The molecule has 3 rings (SSSR count). The van der Waals surface area contributed by atoms with E-state index in [1.807, 2.05) is 0 Å². The Morgan fingerprint density at radius 1 is 1.10 bits per heavy atom. The molecule has 0 radical (unpaired) electrons. The van der Waals surface area contributed by atoms with Crippen molar-refractivity contribution in [2.24, 2.45) is 0 Å². The molecule has 1 saturated heterocycles. The maximum absolute atomic E-state index is 14.2. The number of thioether (sulfide) groups is 1. The highest BCUT2D eigenvalue weighted by Gasteiger charge is 2.28. The molecule has 2 aromatic carbocycles. The average molecular weight is 446 g/mol. The molecule has 1 aliphatic rings. The second-order valence-corrected chi connectivity index (χ2v) is 9.02. The predicted octanol–water partition coefficient (Wildman–Crippen LogP) is 3.41. The number of hydrogen-bond donors (Lipinski definition) is 1. The summed E-state index contributed by atoms with van der Waals surface area (Å²) >= 11 is 0.357. The number of carbonyl (C=O) groups is 1. The fraction of sp³-hybridized carbons (Fsp3) is 0.278. The van der Waals surface area contributed by atoms with Crippen molar-refractivity contribution in [1.29, 1.82) is 0 Å². The number of rotatable bonds is 6. The fourth-order valence-corrected chi connectivity index (χ4v) is 4.63. The van der Waals surface area contributed by atoms with Crippen molar-refractivity contribution in [3.05, 3.63) is 53.8 Å². The zero-order valence-electron chi connectivity index (χ0n) is 15.0. The van der Waals surface area contributed by atoms with Crippen LogP contribution in [0.3, 0.4) is 0 Å². The van der Waals surface area contributed by atoms with E-state index in [0.29, 0.717) is 16.7 Å². The Morgan fingerprint density at radius 2 is 1.76 bits per heavy atom. The number of nitrogens with zero attached hydrogens (tertiary/aromatic N) is 1. The third kappa shape index (κ3) is 5.30. The summed E-state index contributed by atoms with van der Waals surface area (Å²) < 4.78 is 70.7. The summed E-state index contributed by atoms with van der Waals surface area (Å²) in [4.78, 5) is 12.6. The summed E-state index contributed by atoms with van der Waals surface area (Å²) in [7, 11) is -3.89. The van der Waals surface area contributed by atoms with Crippen LogP contribution in [0, 0.1) is 5.82 Å². The number of nitrogens with one attached hydrogen (secondary N) is 1. The Kier molecular flexibility index (Phi) is 6.83. The zero-order chi connectivity index (χ0) is 21.0. The van der Waals surface area contributed by atoms with Crippen LogP contribution in [0.5, 0.6) is 0 Å². The van der Waals surface area contributed by atoms with Crippen LogP contribution in [0.1, 0.15) is 10.4 Å². The fourth-order valence-electron chi connectivity index (χ4n) is 2.69. The standard InChI is InChI=1S/C18H17F3N2O4S2/c19-16-6-5-14(29(25,26)23-7-9-27-10-8-23)11-15(16)17(24)22-12-1-3-13(4-2-12)28-18(20)21/h1-6,11,18H,7-10H2,(H,22,24). The Hall–Kier alpha value is -2.08. The summed E-state index contributed by atoms with van der Waals surface area (Å²) in [6.45, 7) is 0.857. The smallest absolute Gasteiger partial charge is 0.288 e. The van der Waals surface area contributed by atoms with Crippen LogP contribution in [0.25, 0.3) is 0 Å². The van der Waals surface area contributed by atoms with Gasteiger partial charge < -0.3 is 10.1 Å². The number of hydrogen-bond acceptors (Lipinski definition) is 5. The van der Waals surface area contributed by atoms with E-state index in [2.05, 4.69) is 5.32 Å². The molecule has 1 heterocycles. The molecule has 156 valence electrons. The largest absolute Gasteiger partial charge is 0.379 e. The maximum Gasteiger partial charge on any atom is 0.288 e. The molecule has 2 aromatic rings. The molecule has 29 heavy (non-hydrogen) atoms. The third-order valence-corrected chi connectivity index (χ3v) is 6.74. The molecule has 11 heteroatoms. The van der Waals surface area contributed by atoms with E-state index in [-0.39, 0.29) is 36.9 Å². The summed E-state index contributed by atoms with van der Waals surface area (Å²) in [6, 6.07) is 8.59. The number of halogens is 3. The van der Waals surface area contributed by atoms with Crippen molar-refractivity contribution >= 4 is 33.4 Å². The average Bonchev–Trinajstić information content (AvgIpc) is 2.70. The Morgan fingerprint density at radius 3 is 2.38 bits per heavy atom. The van der Waals surface area contributed by atoms with Crippen molar-refractivity contribution in [1.82, 2.24) is 4.31 Å². The van der Waals surface area contributed by atoms with E-state index in [0.717, 1.165) is 18.2 Å². The number of amides is 1. The molecule has 0 unspecified atom stereocenters. The van der Waals surface area contributed by atoms with Gasteiger partial charge >= 0.3 is 0 Å². The molecule has 1 fully saturated rings. The third-order valence-electron chi connectivity index (χ3n) is 4.13. The lowest BCUT2D eigenvalue weighted by Crippen LogP contribution is -2.40. The van der Waals surface area contributed by atoms with Gasteiger partial charge in [0, 0.05) is 23.7 Å². The lowest BCUT2D eigenvalue weighted by atomic mass is 10.2. The molecule has 0 atom stereocenters. The van der Waals surface area contributed by atoms with Crippen molar-refractivity contribution < 1.29 is 31.1 Å². The van der Waals surface area contributed by atoms with Crippen LogP contribution >= 0.6 is 11.8 Å². The molecule has 0 aliphatic carbocycles. The lowest BCUT2D eigenvalue weighted by Gasteiger charge is -2.26. The van der Waals surface area contributed by atoms with Gasteiger partial charge in [-0.3, -0.25) is 4.79 Å². The highest BCUT2D eigenvalue weighted by molar-refractivity contribution is 7.99. The first kappa shape index (κ1) is 21.6. The van der Waals surface area contributed by atoms with E-state index in [1.165, 1.54) is 28.6 Å². The van der Waals surface area contributed by atoms with E-state index >= 15 is 0 Å². The molecule has 1 amide bonds. The predicted molar refractivity (Wildman–Crippen MR) is 102 cm³/mol. The van der Waals surface area contributed by atoms with Gasteiger partial charge in [0.25, 0.3) is 11.7 Å². The van der Waals surface area contributed by atoms with Gasteiger partial charge in [0.1, 0.15) is 5.82 Å². The Balaban J connectivity index is 1.79. The number of alkyl halides is 2. The summed E-state index contributed by atoms with van der Waals surface area (Å²) in [5.74, 6) is -4.30. The maximum atomic E-state index is 14.2. The van der Waals surface area contributed by atoms with Gasteiger partial charge in [0.05, 0.1) is 23.7 Å². The second kappa shape index (κ2) is 9.16. The van der Waals surface area contributed by atoms with Gasteiger partial charge in [-0.25, -0.2) is 12.8 Å². The normalized spacial score (nSPS) is 15.4. The first-order valence-corrected chi connectivity index (χ1v) is 10.8. The number of anilines is 1. The second-order valence-electron chi connectivity index (χ2n) is 6.02. The van der Waals surface area contributed by atoms with Crippen LogP contribution < -0.4 is 5.32 Å². The number of morpholine rings is 1. The van der Waals surface area contributed by atoms with Crippen molar-refractivity contribution in [2.75, 3.05) is 31.6 Å². The summed E-state index contributed by atoms with van der Waals surface area (Å²) in [6.07, 6.45) is 0. The van der Waals surface area contributed by atoms with E-state index in [9.17, 15) is 26.4 Å². The molecule has 0 saturated carbocycles. The minimum absolute atomic E-state index is 0.171. The minimum Gasteiger partial charge on any atom is -0.379 e. The Labute approximate surface area is 170 Å². The highest BCUT2D eigenvalue weighted by Crippen LogP contribution is 2.26. The minimum atomic E-state index is -3.89. The highest BCUT2D eigenvalue weighted by atomic mass is 32.2. The quantitative estimate of drug-likeness (QED) is 0.689. The monoisotopic (exact) mass is 446 g/mol. The molecular formula is C18H17F3N2O4S2. The Bertz CT molecular complexity index is 979. The van der Waals surface area contributed by atoms with Crippen LogP contribution in [0.15, 0.2) is 52.3 Å². The van der Waals surface area contributed by atoms with Gasteiger partial charge in [-0.2, -0.15) is 13.1 Å². The number of carbonyl (C=O) groups excluding carboxylic acids is 1. The first-order valence-electron chi connectivity index (χ1n) is 8.51. The van der Waals surface area contributed by atoms with Gasteiger partial charge in [0.15, 0.2) is 0 Å². The lowest BCUT2D eigenvalue weighted by molar-refractivity contribution is 0.0730. The van der Waals surface area contributed by atoms with Crippen LogP contribution in [-0.4, -0.2) is 50.7 Å². The molecule has 0 bridgehead atoms. The molecule has 1 N–H and O–H groups in total. The van der Waals surface area contributed by atoms with Crippen molar-refractivity contribution in [2.45, 2.75) is 15.5 Å². The summed E-state index contributed by atoms with van der Waals surface area (Å²) in [5, 5.41) is 2.43. The van der Waals surface area contributed by atoms with Gasteiger partial charge in [-0.15, -0.1) is 0 Å². The molecular weight excluding hydrogens is 429 g/mol. The van der Waals surface area contributed by atoms with E-state index < -0.39 is 33.1 Å². The van der Waals surface area contributed by atoms with Crippen LogP contribution in [0.2, 0.25) is 0 Å². The summed E-state index contributed by atoms with van der Waals surface area (Å²) in [5.41, 5.74) is -0.181. The molecule has 1 aliphatic heterocycles. The SMILES string of the molecule is O=C(Nc1ccc(SC(F)F)cc1)c1cc(S(=O)(=O)N2CCOCC2)ccc1F. The van der Waals surface area contributed by atoms with Crippen LogP contribution in [-0.2, 0) is 14.8 Å². The molecule has 0 aromatic heterocycles. The number of benzene rings is 2. The van der Waals surface area contributed by atoms with Gasteiger partial charge in [-0.05, 0) is 42.5 Å². The van der Waals surface area contributed by atoms with Gasteiger partial charge in [0.2, 0.25) is 10.0 Å². The van der Waals surface area contributed by atoms with Crippen LogP contribution in [0.4, 0.5) is 18.9 Å². The molecule has 6 nitrogen and oxygen atoms in total. The van der Waals surface area contributed by atoms with Crippen molar-refractivity contribution in [3.8, 4) is 0 Å². The molecule has 0 spiro atoms. The van der Waals surface area contributed by atoms with Crippen molar-refractivity contribution in [3.63, 3.8) is 0 Å². The van der Waals surface area contributed by atoms with Gasteiger partial charge in [-0.1, -0.05) is 11.8 Å². The topological polar surface area (TPSA) is 75.7 Å². The zero-order valence-corrected chi connectivity index (χ0v) is 16.6. The van der Waals surface area contributed by atoms with E-state index in [1.54, 1.807) is 0 Å².